The number of guanidine groups is 1. The summed E-state index contributed by atoms with van der Waals surface area (Å²) >= 11 is 0. The van der Waals surface area contributed by atoms with Crippen molar-refractivity contribution in [2.24, 2.45) is 4.99 Å². The number of likely N-dealkylation sites (N-methyl/N-ethyl adjacent to an activating group) is 1. The fourth-order valence-electron chi connectivity index (χ4n) is 2.98. The molecule has 7 heteroatoms. The van der Waals surface area contributed by atoms with Gasteiger partial charge in [0.1, 0.15) is 5.82 Å². The average Bonchev–Trinajstić information content (AvgIpc) is 2.66. The first-order chi connectivity index (χ1) is 12.6. The van der Waals surface area contributed by atoms with E-state index < -0.39 is 0 Å². The Bertz CT molecular complexity index is 584. The summed E-state index contributed by atoms with van der Waals surface area (Å²) in [6.45, 7) is 12.6. The lowest BCUT2D eigenvalue weighted by atomic mass is 10.2. The number of nitrogens with one attached hydrogen (secondary N) is 1. The van der Waals surface area contributed by atoms with E-state index in [2.05, 4.69) is 64.7 Å². The number of aromatic nitrogens is 1. The molecule has 1 aliphatic heterocycles. The minimum absolute atomic E-state index is 0. The predicted molar refractivity (Wildman–Crippen MR) is 126 cm³/mol. The highest BCUT2D eigenvalue weighted by atomic mass is 127. The Morgan fingerprint density at radius 3 is 2.78 bits per heavy atom. The minimum atomic E-state index is 0. The molecule has 1 N–H and O–H groups in total. The van der Waals surface area contributed by atoms with Crippen LogP contribution in [0, 0.1) is 0 Å². The number of allylic oxidation sites excluding steroid dienone is 1. The Labute approximate surface area is 181 Å². The molecule has 1 saturated heterocycles. The average molecular weight is 486 g/mol. The van der Waals surface area contributed by atoms with Crippen LogP contribution >= 0.6 is 24.0 Å². The molecule has 1 aliphatic rings. The molecular weight excluding hydrogens is 451 g/mol. The summed E-state index contributed by atoms with van der Waals surface area (Å²) in [6, 6.07) is 4.24. The zero-order chi connectivity index (χ0) is 18.8. The van der Waals surface area contributed by atoms with Crippen LogP contribution in [0.3, 0.4) is 0 Å². The van der Waals surface area contributed by atoms with Crippen molar-refractivity contribution >= 4 is 35.8 Å². The van der Waals surface area contributed by atoms with Gasteiger partial charge < -0.3 is 20.0 Å². The molecule has 0 aromatic carbocycles. The summed E-state index contributed by atoms with van der Waals surface area (Å²) in [5.74, 6) is 2.02. The van der Waals surface area contributed by atoms with Crippen LogP contribution in [0.2, 0.25) is 0 Å². The number of pyridine rings is 1. The molecule has 0 atom stereocenters. The number of rotatable bonds is 8. The van der Waals surface area contributed by atoms with Crippen molar-refractivity contribution in [1.82, 2.24) is 20.1 Å². The Morgan fingerprint density at radius 1 is 1.37 bits per heavy atom. The Morgan fingerprint density at radius 2 is 2.11 bits per heavy atom. The van der Waals surface area contributed by atoms with Gasteiger partial charge >= 0.3 is 0 Å². The van der Waals surface area contributed by atoms with Gasteiger partial charge in [-0.3, -0.25) is 0 Å². The number of hydrogen-bond acceptors (Lipinski definition) is 4. The second kappa shape index (κ2) is 12.9. The summed E-state index contributed by atoms with van der Waals surface area (Å²) in [6.07, 6.45) is 5.99. The lowest BCUT2D eigenvalue weighted by Gasteiger charge is -2.33. The summed E-state index contributed by atoms with van der Waals surface area (Å²) in [5, 5.41) is 3.38. The van der Waals surface area contributed by atoms with Crippen LogP contribution < -0.4 is 10.2 Å². The molecule has 0 amide bonds. The van der Waals surface area contributed by atoms with Crippen LogP contribution in [-0.4, -0.2) is 74.1 Å². The van der Waals surface area contributed by atoms with E-state index >= 15 is 0 Å². The molecule has 2 heterocycles. The number of halogens is 1. The van der Waals surface area contributed by atoms with Crippen molar-refractivity contribution in [3.05, 3.63) is 36.5 Å². The maximum Gasteiger partial charge on any atom is 0.193 e. The van der Waals surface area contributed by atoms with Crippen LogP contribution in [0.5, 0.6) is 0 Å². The zero-order valence-corrected chi connectivity index (χ0v) is 19.4. The standard InChI is InChI=1S/C20H34N6.HI/c1-5-7-8-11-25(4)20(21-6-2)23-17-18-9-10-22-19(16-18)26-14-12-24(3)13-15-26;/h5,9-10,16H,1,6-8,11-15,17H2,2-4H3,(H,21,23);1H. The molecule has 1 fully saturated rings. The first kappa shape index (κ1) is 23.7. The molecule has 0 spiro atoms. The third-order valence-corrected chi connectivity index (χ3v) is 4.65. The van der Waals surface area contributed by atoms with Gasteiger partial charge in [0.15, 0.2) is 5.96 Å². The highest BCUT2D eigenvalue weighted by Gasteiger charge is 2.15. The van der Waals surface area contributed by atoms with E-state index in [1.165, 1.54) is 5.56 Å². The second-order valence-electron chi connectivity index (χ2n) is 6.84. The van der Waals surface area contributed by atoms with Crippen molar-refractivity contribution in [1.29, 1.82) is 0 Å². The lowest BCUT2D eigenvalue weighted by Crippen LogP contribution is -2.44. The molecule has 0 radical (unpaired) electrons. The van der Waals surface area contributed by atoms with E-state index in [0.717, 1.165) is 63.9 Å². The van der Waals surface area contributed by atoms with Gasteiger partial charge in [-0.1, -0.05) is 6.08 Å². The maximum atomic E-state index is 4.81. The van der Waals surface area contributed by atoms with Gasteiger partial charge in [-0.2, -0.15) is 0 Å². The van der Waals surface area contributed by atoms with Crippen LogP contribution in [0.15, 0.2) is 36.0 Å². The van der Waals surface area contributed by atoms with Crippen molar-refractivity contribution in [2.45, 2.75) is 26.3 Å². The molecule has 27 heavy (non-hydrogen) atoms. The molecule has 0 aliphatic carbocycles. The number of aliphatic imine (C=N–C) groups is 1. The number of unbranched alkanes of at least 4 members (excludes halogenated alkanes) is 1. The van der Waals surface area contributed by atoms with Crippen LogP contribution in [0.1, 0.15) is 25.3 Å². The minimum Gasteiger partial charge on any atom is -0.357 e. The molecule has 2 rings (SSSR count). The quantitative estimate of drug-likeness (QED) is 0.201. The van der Waals surface area contributed by atoms with E-state index in [-0.39, 0.29) is 24.0 Å². The van der Waals surface area contributed by atoms with Gasteiger partial charge in [0.05, 0.1) is 6.54 Å². The summed E-state index contributed by atoms with van der Waals surface area (Å²) in [7, 11) is 4.26. The molecule has 0 unspecified atom stereocenters. The van der Waals surface area contributed by atoms with E-state index in [0.29, 0.717) is 6.54 Å². The zero-order valence-electron chi connectivity index (χ0n) is 17.0. The first-order valence-corrected chi connectivity index (χ1v) is 9.62. The normalized spacial score (nSPS) is 15.2. The third kappa shape index (κ3) is 8.04. The van der Waals surface area contributed by atoms with Gasteiger partial charge in [-0.05, 0) is 44.5 Å². The molecule has 152 valence electrons. The lowest BCUT2D eigenvalue weighted by molar-refractivity contribution is 0.312. The molecule has 1 aromatic heterocycles. The highest BCUT2D eigenvalue weighted by Crippen LogP contribution is 2.15. The Kier molecular flexibility index (Phi) is 11.3. The maximum absolute atomic E-state index is 4.81. The number of anilines is 1. The summed E-state index contributed by atoms with van der Waals surface area (Å²) < 4.78 is 0. The van der Waals surface area contributed by atoms with Gasteiger partial charge in [0.25, 0.3) is 0 Å². The van der Waals surface area contributed by atoms with Crippen molar-refractivity contribution in [3.8, 4) is 0 Å². The number of nitrogens with zero attached hydrogens (tertiary/aromatic N) is 5. The highest BCUT2D eigenvalue weighted by molar-refractivity contribution is 14.0. The van der Waals surface area contributed by atoms with Gasteiger partial charge in [-0.15, -0.1) is 30.6 Å². The van der Waals surface area contributed by atoms with Gasteiger partial charge in [0.2, 0.25) is 0 Å². The predicted octanol–water partition coefficient (Wildman–Crippen LogP) is 2.81. The Hall–Kier alpha value is -1.35. The fourth-order valence-corrected chi connectivity index (χ4v) is 2.98. The number of piperazine rings is 1. The molecule has 0 saturated carbocycles. The molecule has 6 nitrogen and oxygen atoms in total. The molecule has 1 aromatic rings. The molecular formula is C20H35IN6. The van der Waals surface area contributed by atoms with Crippen LogP contribution in [0.25, 0.3) is 0 Å². The second-order valence-corrected chi connectivity index (χ2v) is 6.84. The molecule has 0 bridgehead atoms. The smallest absolute Gasteiger partial charge is 0.193 e. The third-order valence-electron chi connectivity index (χ3n) is 4.65. The van der Waals surface area contributed by atoms with E-state index in [1.54, 1.807) is 0 Å². The van der Waals surface area contributed by atoms with Crippen molar-refractivity contribution in [2.75, 3.05) is 58.3 Å². The van der Waals surface area contributed by atoms with Crippen LogP contribution in [-0.2, 0) is 6.54 Å². The Balaban J connectivity index is 0.00000364. The largest absolute Gasteiger partial charge is 0.357 e. The van der Waals surface area contributed by atoms with E-state index in [4.69, 9.17) is 4.99 Å². The van der Waals surface area contributed by atoms with Gasteiger partial charge in [0, 0.05) is 52.5 Å². The number of hydrogen-bond donors (Lipinski definition) is 1. The van der Waals surface area contributed by atoms with Crippen LogP contribution in [0.4, 0.5) is 5.82 Å². The van der Waals surface area contributed by atoms with E-state index in [9.17, 15) is 0 Å². The monoisotopic (exact) mass is 486 g/mol. The SMILES string of the molecule is C=CCCCN(C)C(=NCc1ccnc(N2CCN(C)CC2)c1)NCC.I. The first-order valence-electron chi connectivity index (χ1n) is 9.62. The van der Waals surface area contributed by atoms with Crippen molar-refractivity contribution in [3.63, 3.8) is 0 Å². The van der Waals surface area contributed by atoms with Crippen molar-refractivity contribution < 1.29 is 0 Å². The summed E-state index contributed by atoms with van der Waals surface area (Å²) in [4.78, 5) is 16.3. The topological polar surface area (TPSA) is 47.0 Å². The van der Waals surface area contributed by atoms with Gasteiger partial charge in [-0.25, -0.2) is 9.98 Å². The fraction of sp³-hybridized carbons (Fsp3) is 0.600. The van der Waals surface area contributed by atoms with E-state index in [1.807, 2.05) is 12.3 Å². The summed E-state index contributed by atoms with van der Waals surface area (Å²) in [5.41, 5.74) is 1.20.